The van der Waals surface area contributed by atoms with E-state index in [-0.39, 0.29) is 29.8 Å². The topological polar surface area (TPSA) is 106 Å². The summed E-state index contributed by atoms with van der Waals surface area (Å²) in [6.07, 6.45) is 1.71. The summed E-state index contributed by atoms with van der Waals surface area (Å²) < 4.78 is 6.32. The Hall–Kier alpha value is -3.87. The summed E-state index contributed by atoms with van der Waals surface area (Å²) >= 11 is 0. The Balaban J connectivity index is 1.39. The van der Waals surface area contributed by atoms with Crippen LogP contribution in [0.4, 0.5) is 5.69 Å². The molecule has 2 aliphatic heterocycles. The number of guanidine groups is 1. The Kier molecular flexibility index (Phi) is 6.63. The number of likely N-dealkylation sites (tertiary alicyclic amines) is 1. The summed E-state index contributed by atoms with van der Waals surface area (Å²) in [7, 11) is 0. The van der Waals surface area contributed by atoms with Gasteiger partial charge < -0.3 is 25.7 Å². The fourth-order valence-corrected chi connectivity index (χ4v) is 5.55. The van der Waals surface area contributed by atoms with Crippen LogP contribution >= 0.6 is 0 Å². The monoisotopic (exact) mass is 497 g/mol. The molecule has 2 aliphatic rings. The first kappa shape index (κ1) is 24.8. The van der Waals surface area contributed by atoms with Gasteiger partial charge in [0.2, 0.25) is 5.91 Å². The number of carbonyl (C=O) groups is 1. The molecule has 192 valence electrons. The smallest absolute Gasteiger partial charge is 0.235 e. The summed E-state index contributed by atoms with van der Waals surface area (Å²) in [5.74, 6) is 0.999. The molecule has 1 unspecified atom stereocenters. The van der Waals surface area contributed by atoms with Crippen molar-refractivity contribution < 1.29 is 9.53 Å². The molecule has 1 atom stereocenters. The number of carbonyl (C=O) groups excluding carboxylic acids is 1. The van der Waals surface area contributed by atoms with Crippen LogP contribution in [0.1, 0.15) is 56.2 Å². The van der Waals surface area contributed by atoms with Gasteiger partial charge in [0.25, 0.3) is 0 Å². The molecule has 4 N–H and O–H groups in total. The molecule has 0 spiro atoms. The lowest BCUT2D eigenvalue weighted by molar-refractivity contribution is -0.120. The first-order valence-corrected chi connectivity index (χ1v) is 13.0. The predicted octanol–water partition coefficient (Wildman–Crippen LogP) is 5.25. The predicted molar refractivity (Wildman–Crippen MR) is 149 cm³/mol. The Morgan fingerprint density at radius 3 is 2.43 bits per heavy atom. The molecular formula is C30H35N5O2. The fourth-order valence-electron chi connectivity index (χ4n) is 5.55. The van der Waals surface area contributed by atoms with Gasteiger partial charge >= 0.3 is 0 Å². The zero-order chi connectivity index (χ0) is 26.3. The van der Waals surface area contributed by atoms with Gasteiger partial charge in [-0.2, -0.15) is 0 Å². The van der Waals surface area contributed by atoms with E-state index >= 15 is 0 Å². The third-order valence-electron chi connectivity index (χ3n) is 7.59. The lowest BCUT2D eigenvalue weighted by Gasteiger charge is -2.32. The van der Waals surface area contributed by atoms with Crippen molar-refractivity contribution in [3.05, 3.63) is 71.3 Å². The SMILES string of the molecule is CC(=N)c1ccc2ccc(CN3C(=O)C(C(C)C)c4cc(OC5CCN(C(=N)N)CC5)ccc43)cc2c1. The van der Waals surface area contributed by atoms with E-state index in [1.54, 1.807) is 6.92 Å². The lowest BCUT2D eigenvalue weighted by atomic mass is 9.89. The van der Waals surface area contributed by atoms with Gasteiger partial charge in [-0.3, -0.25) is 10.2 Å². The summed E-state index contributed by atoms with van der Waals surface area (Å²) in [5.41, 5.74) is 10.1. The molecule has 0 aliphatic carbocycles. The zero-order valence-electron chi connectivity index (χ0n) is 21.8. The van der Waals surface area contributed by atoms with Crippen LogP contribution < -0.4 is 15.4 Å². The van der Waals surface area contributed by atoms with E-state index in [0.29, 0.717) is 12.3 Å². The van der Waals surface area contributed by atoms with Crippen molar-refractivity contribution in [2.24, 2.45) is 11.7 Å². The molecule has 37 heavy (non-hydrogen) atoms. The number of benzene rings is 3. The van der Waals surface area contributed by atoms with Crippen LogP contribution in [0.15, 0.2) is 54.6 Å². The minimum atomic E-state index is -0.203. The summed E-state index contributed by atoms with van der Waals surface area (Å²) in [4.78, 5) is 17.4. The highest BCUT2D eigenvalue weighted by Crippen LogP contribution is 2.44. The van der Waals surface area contributed by atoms with Crippen LogP contribution in [0.25, 0.3) is 10.8 Å². The molecule has 5 rings (SSSR count). The Morgan fingerprint density at radius 1 is 1.03 bits per heavy atom. The second-order valence-electron chi connectivity index (χ2n) is 10.6. The number of nitrogens with two attached hydrogens (primary N) is 1. The Morgan fingerprint density at radius 2 is 1.76 bits per heavy atom. The number of fused-ring (bicyclic) bond motifs is 2. The molecule has 3 aromatic rings. The summed E-state index contributed by atoms with van der Waals surface area (Å²) in [5, 5.41) is 17.8. The van der Waals surface area contributed by atoms with E-state index in [4.69, 9.17) is 21.3 Å². The highest BCUT2D eigenvalue weighted by molar-refractivity contribution is 6.05. The lowest BCUT2D eigenvalue weighted by Crippen LogP contribution is -2.44. The molecule has 0 saturated carbocycles. The minimum Gasteiger partial charge on any atom is -0.490 e. The van der Waals surface area contributed by atoms with Gasteiger partial charge in [0.05, 0.1) is 12.5 Å². The molecule has 7 nitrogen and oxygen atoms in total. The van der Waals surface area contributed by atoms with Gasteiger partial charge in [-0.25, -0.2) is 0 Å². The van der Waals surface area contributed by atoms with Crippen LogP contribution in [0.3, 0.4) is 0 Å². The molecule has 0 radical (unpaired) electrons. The van der Waals surface area contributed by atoms with Gasteiger partial charge in [-0.1, -0.05) is 38.1 Å². The maximum atomic E-state index is 13.6. The molecule has 1 fully saturated rings. The third-order valence-corrected chi connectivity index (χ3v) is 7.59. The Labute approximate surface area is 218 Å². The highest BCUT2D eigenvalue weighted by Gasteiger charge is 2.39. The van der Waals surface area contributed by atoms with E-state index in [1.807, 2.05) is 40.1 Å². The maximum absolute atomic E-state index is 13.6. The first-order chi connectivity index (χ1) is 17.7. The van der Waals surface area contributed by atoms with Crippen molar-refractivity contribution in [3.63, 3.8) is 0 Å². The van der Waals surface area contributed by atoms with E-state index in [9.17, 15) is 4.79 Å². The number of rotatable bonds is 6. The van der Waals surface area contributed by atoms with E-state index in [2.05, 4.69) is 38.1 Å². The van der Waals surface area contributed by atoms with Crippen LogP contribution in [0, 0.1) is 16.7 Å². The van der Waals surface area contributed by atoms with E-state index in [0.717, 1.165) is 64.8 Å². The normalized spacial score (nSPS) is 17.9. The van der Waals surface area contributed by atoms with Gasteiger partial charge in [-0.15, -0.1) is 0 Å². The molecule has 7 heteroatoms. The maximum Gasteiger partial charge on any atom is 0.235 e. The van der Waals surface area contributed by atoms with Gasteiger partial charge in [0.1, 0.15) is 11.9 Å². The highest BCUT2D eigenvalue weighted by atomic mass is 16.5. The molecule has 1 amide bonds. The molecule has 0 aromatic heterocycles. The Bertz CT molecular complexity index is 1370. The van der Waals surface area contributed by atoms with Gasteiger partial charge in [0.15, 0.2) is 5.96 Å². The van der Waals surface area contributed by atoms with Crippen LogP contribution in [-0.2, 0) is 11.3 Å². The van der Waals surface area contributed by atoms with Crippen LogP contribution in [0.5, 0.6) is 5.75 Å². The molecule has 0 bridgehead atoms. The number of hydrogen-bond donors (Lipinski definition) is 3. The van der Waals surface area contributed by atoms with Crippen molar-refractivity contribution in [3.8, 4) is 5.75 Å². The van der Waals surface area contributed by atoms with Gasteiger partial charge in [-0.05, 0) is 70.6 Å². The number of anilines is 1. The number of amides is 1. The zero-order valence-corrected chi connectivity index (χ0v) is 21.8. The standard InChI is InChI=1S/C30H35N5O2/c1-18(2)28-26-16-25(37-24-10-12-34(13-11-24)30(32)33)8-9-27(26)35(29(28)36)17-20-4-5-21-6-7-22(19(3)31)15-23(21)14-20/h4-9,14-16,18,24,28,31H,10-13,17H2,1-3H3,(H3,32,33). The first-order valence-electron chi connectivity index (χ1n) is 13.0. The average molecular weight is 498 g/mol. The molecule has 1 saturated heterocycles. The average Bonchev–Trinajstić information content (AvgIpc) is 3.14. The number of piperidine rings is 1. The van der Waals surface area contributed by atoms with E-state index in [1.165, 1.54) is 0 Å². The van der Waals surface area contributed by atoms with Crippen LogP contribution in [-0.4, -0.2) is 41.7 Å². The van der Waals surface area contributed by atoms with Crippen molar-refractivity contribution in [2.45, 2.75) is 52.2 Å². The number of nitrogens with zero attached hydrogens (tertiary/aromatic N) is 2. The minimum absolute atomic E-state index is 0.0754. The summed E-state index contributed by atoms with van der Waals surface area (Å²) in [6.45, 7) is 7.93. The van der Waals surface area contributed by atoms with Gasteiger partial charge in [0, 0.05) is 37.3 Å². The number of nitrogens with one attached hydrogen (secondary N) is 2. The van der Waals surface area contributed by atoms with Crippen molar-refractivity contribution in [1.82, 2.24) is 4.90 Å². The molecular weight excluding hydrogens is 462 g/mol. The molecule has 2 heterocycles. The number of ether oxygens (including phenoxy) is 1. The van der Waals surface area contributed by atoms with Crippen molar-refractivity contribution >= 4 is 34.0 Å². The van der Waals surface area contributed by atoms with Crippen molar-refractivity contribution in [2.75, 3.05) is 18.0 Å². The molecule has 3 aromatic carbocycles. The second kappa shape index (κ2) is 9.88. The van der Waals surface area contributed by atoms with Crippen molar-refractivity contribution in [1.29, 1.82) is 10.8 Å². The summed E-state index contributed by atoms with van der Waals surface area (Å²) in [6, 6.07) is 18.4. The fraction of sp³-hybridized carbons (Fsp3) is 0.367. The second-order valence-corrected chi connectivity index (χ2v) is 10.6. The van der Waals surface area contributed by atoms with Crippen LogP contribution in [0.2, 0.25) is 0 Å². The largest absolute Gasteiger partial charge is 0.490 e. The third kappa shape index (κ3) is 4.90. The quantitative estimate of drug-likeness (QED) is 0.319. The van der Waals surface area contributed by atoms with E-state index < -0.39 is 0 Å². The number of hydrogen-bond acceptors (Lipinski definition) is 4.